The molecule has 5 heteroatoms. The summed E-state index contributed by atoms with van der Waals surface area (Å²) >= 11 is 0. The maximum Gasteiger partial charge on any atom is 0.240 e. The Morgan fingerprint density at radius 2 is 1.59 bits per heavy atom. The van der Waals surface area contributed by atoms with Crippen LogP contribution in [0.3, 0.4) is 0 Å². The van der Waals surface area contributed by atoms with E-state index in [0.717, 1.165) is 51.0 Å². The molecule has 4 rings (SSSR count). The molecule has 0 saturated carbocycles. The molecular formula is C24H29N3O2. The molecule has 0 radical (unpaired) electrons. The fraction of sp³-hybridized carbons (Fsp3) is 0.417. The molecule has 1 unspecified atom stereocenters. The Morgan fingerprint density at radius 1 is 0.931 bits per heavy atom. The van der Waals surface area contributed by atoms with Gasteiger partial charge in [0.15, 0.2) is 5.82 Å². The molecule has 1 aliphatic rings. The summed E-state index contributed by atoms with van der Waals surface area (Å²) in [7, 11) is 0. The summed E-state index contributed by atoms with van der Waals surface area (Å²) in [6.45, 7) is 2.61. The Balaban J connectivity index is 1.21. The van der Waals surface area contributed by atoms with E-state index in [1.54, 1.807) is 0 Å². The number of hydrogen-bond acceptors (Lipinski definition) is 5. The van der Waals surface area contributed by atoms with Gasteiger partial charge in [-0.2, -0.15) is 4.98 Å². The van der Waals surface area contributed by atoms with E-state index in [1.807, 2.05) is 24.3 Å². The van der Waals surface area contributed by atoms with E-state index >= 15 is 0 Å². The molecule has 1 fully saturated rings. The highest BCUT2D eigenvalue weighted by molar-refractivity contribution is 5.16. The summed E-state index contributed by atoms with van der Waals surface area (Å²) in [6, 6.07) is 20.6. The van der Waals surface area contributed by atoms with Crippen molar-refractivity contribution in [3.05, 3.63) is 83.5 Å². The maximum atomic E-state index is 10.6. The van der Waals surface area contributed by atoms with Crippen molar-refractivity contribution in [2.45, 2.75) is 44.8 Å². The molecule has 29 heavy (non-hydrogen) atoms. The maximum absolute atomic E-state index is 10.6. The van der Waals surface area contributed by atoms with Gasteiger partial charge in [0.2, 0.25) is 5.89 Å². The summed E-state index contributed by atoms with van der Waals surface area (Å²) in [5.74, 6) is 1.82. The summed E-state index contributed by atoms with van der Waals surface area (Å²) in [5, 5.41) is 14.7. The molecule has 0 bridgehead atoms. The van der Waals surface area contributed by atoms with Gasteiger partial charge in [0, 0.05) is 6.42 Å². The van der Waals surface area contributed by atoms with Crippen LogP contribution in [0.1, 0.15) is 35.7 Å². The van der Waals surface area contributed by atoms with Crippen LogP contribution in [0.15, 0.2) is 65.2 Å². The topological polar surface area (TPSA) is 62.4 Å². The monoisotopic (exact) mass is 391 g/mol. The van der Waals surface area contributed by atoms with Crippen LogP contribution in [-0.2, 0) is 25.8 Å². The van der Waals surface area contributed by atoms with Crippen molar-refractivity contribution in [2.75, 3.05) is 13.1 Å². The minimum Gasteiger partial charge on any atom is -0.392 e. The van der Waals surface area contributed by atoms with Crippen molar-refractivity contribution in [1.82, 2.24) is 15.0 Å². The van der Waals surface area contributed by atoms with Crippen LogP contribution in [-0.4, -0.2) is 39.3 Å². The number of aliphatic hydroxyl groups excluding tert-OH is 1. The van der Waals surface area contributed by atoms with Gasteiger partial charge in [-0.15, -0.1) is 0 Å². The Kier molecular flexibility index (Phi) is 6.70. The molecule has 0 spiro atoms. The van der Waals surface area contributed by atoms with Crippen LogP contribution in [0, 0.1) is 5.92 Å². The zero-order valence-electron chi connectivity index (χ0n) is 16.8. The van der Waals surface area contributed by atoms with E-state index in [2.05, 4.69) is 51.4 Å². The smallest absolute Gasteiger partial charge is 0.240 e. The lowest BCUT2D eigenvalue weighted by atomic mass is 9.88. The molecular weight excluding hydrogens is 362 g/mol. The zero-order valence-corrected chi connectivity index (χ0v) is 16.8. The van der Waals surface area contributed by atoms with Crippen LogP contribution >= 0.6 is 0 Å². The quantitative estimate of drug-likeness (QED) is 0.635. The van der Waals surface area contributed by atoms with E-state index in [9.17, 15) is 5.11 Å². The third-order valence-electron chi connectivity index (χ3n) is 5.81. The Labute approximate surface area is 172 Å². The predicted octanol–water partition coefficient (Wildman–Crippen LogP) is 3.67. The molecule has 1 aromatic heterocycles. The van der Waals surface area contributed by atoms with E-state index in [4.69, 9.17) is 4.52 Å². The minimum atomic E-state index is -0.271. The fourth-order valence-electron chi connectivity index (χ4n) is 4.07. The SMILES string of the molecule is OC(Cc1ccccc1)C1CCN(Cc2nc(CCc3ccccc3)no2)CC1. The van der Waals surface area contributed by atoms with Gasteiger partial charge in [-0.05, 0) is 55.8 Å². The number of aryl methyl sites for hydroxylation is 2. The molecule has 1 N–H and O–H groups in total. The average Bonchev–Trinajstić information content (AvgIpc) is 3.21. The number of hydrogen-bond donors (Lipinski definition) is 1. The van der Waals surface area contributed by atoms with Crippen LogP contribution in [0.2, 0.25) is 0 Å². The van der Waals surface area contributed by atoms with Gasteiger partial charge in [0.05, 0.1) is 12.6 Å². The van der Waals surface area contributed by atoms with E-state index in [1.165, 1.54) is 11.1 Å². The molecule has 1 aliphatic heterocycles. The van der Waals surface area contributed by atoms with Crippen molar-refractivity contribution in [1.29, 1.82) is 0 Å². The molecule has 1 saturated heterocycles. The second-order valence-electron chi connectivity index (χ2n) is 7.96. The summed E-state index contributed by atoms with van der Waals surface area (Å²) in [6.07, 6.45) is 4.19. The van der Waals surface area contributed by atoms with Gasteiger partial charge in [0.25, 0.3) is 0 Å². The lowest BCUT2D eigenvalue weighted by Crippen LogP contribution is -2.38. The first-order chi connectivity index (χ1) is 14.3. The number of benzene rings is 2. The lowest BCUT2D eigenvalue weighted by Gasteiger charge is -2.33. The van der Waals surface area contributed by atoms with E-state index < -0.39 is 0 Å². The normalized spacial score (nSPS) is 16.7. The van der Waals surface area contributed by atoms with Crippen LogP contribution < -0.4 is 0 Å². The highest BCUT2D eigenvalue weighted by atomic mass is 16.5. The number of aromatic nitrogens is 2. The van der Waals surface area contributed by atoms with Crippen molar-refractivity contribution < 1.29 is 9.63 Å². The largest absolute Gasteiger partial charge is 0.392 e. The summed E-state index contributed by atoms with van der Waals surface area (Å²) in [4.78, 5) is 6.91. The van der Waals surface area contributed by atoms with Crippen molar-refractivity contribution in [3.8, 4) is 0 Å². The minimum absolute atomic E-state index is 0.271. The van der Waals surface area contributed by atoms with Crippen molar-refractivity contribution in [3.63, 3.8) is 0 Å². The lowest BCUT2D eigenvalue weighted by molar-refractivity contribution is 0.0547. The van der Waals surface area contributed by atoms with Crippen molar-refractivity contribution >= 4 is 0 Å². The number of rotatable bonds is 8. The average molecular weight is 392 g/mol. The number of likely N-dealkylation sites (tertiary alicyclic amines) is 1. The molecule has 2 heterocycles. The van der Waals surface area contributed by atoms with Gasteiger partial charge < -0.3 is 9.63 Å². The fourth-order valence-corrected chi connectivity index (χ4v) is 4.07. The molecule has 0 aliphatic carbocycles. The van der Waals surface area contributed by atoms with Gasteiger partial charge in [-0.1, -0.05) is 65.8 Å². The first-order valence-electron chi connectivity index (χ1n) is 10.6. The molecule has 152 valence electrons. The zero-order chi connectivity index (χ0) is 19.9. The van der Waals surface area contributed by atoms with Gasteiger partial charge in [0.1, 0.15) is 0 Å². The number of piperidine rings is 1. The van der Waals surface area contributed by atoms with Crippen LogP contribution in [0.25, 0.3) is 0 Å². The molecule has 1 atom stereocenters. The van der Waals surface area contributed by atoms with E-state index in [0.29, 0.717) is 18.4 Å². The van der Waals surface area contributed by atoms with Gasteiger partial charge in [-0.3, -0.25) is 4.90 Å². The third-order valence-corrected chi connectivity index (χ3v) is 5.81. The Hall–Kier alpha value is -2.50. The van der Waals surface area contributed by atoms with Gasteiger partial charge >= 0.3 is 0 Å². The van der Waals surface area contributed by atoms with Crippen molar-refractivity contribution in [2.24, 2.45) is 5.92 Å². The first-order valence-corrected chi connectivity index (χ1v) is 10.6. The second kappa shape index (κ2) is 9.81. The number of nitrogens with zero attached hydrogens (tertiary/aromatic N) is 3. The highest BCUT2D eigenvalue weighted by Gasteiger charge is 2.26. The molecule has 3 aromatic rings. The third kappa shape index (κ3) is 5.75. The van der Waals surface area contributed by atoms with Crippen LogP contribution in [0.5, 0.6) is 0 Å². The second-order valence-corrected chi connectivity index (χ2v) is 7.96. The highest BCUT2D eigenvalue weighted by Crippen LogP contribution is 2.24. The Morgan fingerprint density at radius 3 is 2.28 bits per heavy atom. The van der Waals surface area contributed by atoms with Crippen LogP contribution in [0.4, 0.5) is 0 Å². The van der Waals surface area contributed by atoms with Gasteiger partial charge in [-0.25, -0.2) is 0 Å². The summed E-state index contributed by atoms with van der Waals surface area (Å²) in [5.41, 5.74) is 2.49. The van der Waals surface area contributed by atoms with E-state index in [-0.39, 0.29) is 6.10 Å². The molecule has 2 aromatic carbocycles. The Bertz CT molecular complexity index is 858. The molecule has 5 nitrogen and oxygen atoms in total. The summed E-state index contributed by atoms with van der Waals surface area (Å²) < 4.78 is 5.46. The first kappa shape index (κ1) is 19.8. The predicted molar refractivity (Wildman–Crippen MR) is 112 cm³/mol. The standard InChI is InChI=1S/C24H29N3O2/c28-22(17-20-9-5-2-6-10-20)21-13-15-27(16-14-21)18-24-25-23(26-29-24)12-11-19-7-3-1-4-8-19/h1-10,21-22,28H,11-18H2. The molecule has 0 amide bonds. The number of aliphatic hydroxyl groups is 1.